The molecule has 1 heterocycles. The van der Waals surface area contributed by atoms with Crippen molar-refractivity contribution in [3.63, 3.8) is 0 Å². The maximum Gasteiger partial charge on any atom is 0.0361 e. The average molecular weight is 717 g/mol. The van der Waals surface area contributed by atoms with Gasteiger partial charge < -0.3 is 0 Å². The summed E-state index contributed by atoms with van der Waals surface area (Å²) in [5, 5.41) is 12.9. The minimum absolute atomic E-state index is 1.24. The Bertz CT molecular complexity index is 3190. The standard InChI is InChI=1S/C54H36S/c1-33-16-14-17-34(2)49(33)54-43-26-12-10-24-41(43)52(42-25-11-13-27-44(42)54)45-28-15-29-48-53(45)46-32-36(30-31-47(46)55-48)51-39-22-8-6-20-37(39)50(35-18-4-3-5-19-35)38-21-7-9-23-40(38)51/h3-32H,1-2H3. The van der Waals surface area contributed by atoms with E-state index in [0.717, 1.165) is 0 Å². The van der Waals surface area contributed by atoms with Crippen molar-refractivity contribution in [2.75, 3.05) is 0 Å². The summed E-state index contributed by atoms with van der Waals surface area (Å²) in [6.45, 7) is 4.49. The van der Waals surface area contributed by atoms with Crippen LogP contribution in [0.15, 0.2) is 182 Å². The Morgan fingerprint density at radius 1 is 0.291 bits per heavy atom. The Kier molecular flexibility index (Phi) is 7.27. The Balaban J connectivity index is 1.23. The van der Waals surface area contributed by atoms with Crippen LogP contribution in [0.4, 0.5) is 0 Å². The average Bonchev–Trinajstić information content (AvgIpc) is 3.61. The van der Waals surface area contributed by atoms with Gasteiger partial charge in [-0.1, -0.05) is 164 Å². The number of aryl methyl sites for hydroxylation is 2. The molecule has 0 aliphatic rings. The predicted molar refractivity (Wildman–Crippen MR) is 241 cm³/mol. The highest BCUT2D eigenvalue weighted by molar-refractivity contribution is 7.26. The van der Waals surface area contributed by atoms with Crippen LogP contribution < -0.4 is 0 Å². The van der Waals surface area contributed by atoms with E-state index in [2.05, 4.69) is 196 Å². The molecule has 11 rings (SSSR count). The Morgan fingerprint density at radius 2 is 0.745 bits per heavy atom. The van der Waals surface area contributed by atoms with Crippen LogP contribution in [0.2, 0.25) is 0 Å². The fraction of sp³-hybridized carbons (Fsp3) is 0.0370. The van der Waals surface area contributed by atoms with E-state index in [-0.39, 0.29) is 0 Å². The lowest BCUT2D eigenvalue weighted by atomic mass is 9.83. The molecule has 0 radical (unpaired) electrons. The Labute approximate surface area is 324 Å². The Morgan fingerprint density at radius 3 is 1.29 bits per heavy atom. The number of benzene rings is 10. The molecule has 0 unspecified atom stereocenters. The second-order valence-electron chi connectivity index (χ2n) is 14.8. The first-order valence-corrected chi connectivity index (χ1v) is 19.9. The van der Waals surface area contributed by atoms with Crippen molar-refractivity contribution in [2.24, 2.45) is 0 Å². The highest BCUT2D eigenvalue weighted by Gasteiger charge is 2.22. The molecule has 11 aromatic rings. The molecule has 0 bridgehead atoms. The fourth-order valence-electron chi connectivity index (χ4n) is 9.44. The molecule has 0 fully saturated rings. The summed E-state index contributed by atoms with van der Waals surface area (Å²) in [6, 6.07) is 67.7. The van der Waals surface area contributed by atoms with Crippen LogP contribution in [0.25, 0.3) is 108 Å². The highest BCUT2D eigenvalue weighted by atomic mass is 32.1. The van der Waals surface area contributed by atoms with Gasteiger partial charge in [-0.25, -0.2) is 0 Å². The third-order valence-electron chi connectivity index (χ3n) is 11.7. The molecule has 0 saturated carbocycles. The molecule has 1 heteroatoms. The smallest absolute Gasteiger partial charge is 0.0361 e. The molecule has 0 spiro atoms. The van der Waals surface area contributed by atoms with E-state index < -0.39 is 0 Å². The molecular formula is C54H36S. The SMILES string of the molecule is Cc1cccc(C)c1-c1c2ccccc2c(-c2cccc3sc4ccc(-c5c6ccccc6c(-c6ccccc6)c6ccccc56)cc4c23)c2ccccc12. The summed E-state index contributed by atoms with van der Waals surface area (Å²) in [6.07, 6.45) is 0. The van der Waals surface area contributed by atoms with Gasteiger partial charge in [0, 0.05) is 20.2 Å². The van der Waals surface area contributed by atoms with Crippen LogP contribution in [0.3, 0.4) is 0 Å². The van der Waals surface area contributed by atoms with E-state index in [9.17, 15) is 0 Å². The van der Waals surface area contributed by atoms with Gasteiger partial charge in [0.2, 0.25) is 0 Å². The van der Waals surface area contributed by atoms with Gasteiger partial charge in [-0.3, -0.25) is 0 Å². The fourth-order valence-corrected chi connectivity index (χ4v) is 10.6. The predicted octanol–water partition coefficient (Wildman–Crippen LogP) is 16.0. The number of hydrogen-bond acceptors (Lipinski definition) is 1. The number of thiophene rings is 1. The summed E-state index contributed by atoms with van der Waals surface area (Å²) in [7, 11) is 0. The lowest BCUT2D eigenvalue weighted by Gasteiger charge is -2.20. The normalized spacial score (nSPS) is 11.8. The number of fused-ring (bicyclic) bond motifs is 7. The van der Waals surface area contributed by atoms with Crippen molar-refractivity contribution in [1.82, 2.24) is 0 Å². The minimum Gasteiger partial charge on any atom is -0.135 e. The minimum atomic E-state index is 1.24. The van der Waals surface area contributed by atoms with Crippen molar-refractivity contribution in [3.8, 4) is 44.5 Å². The Hall–Kier alpha value is -6.54. The zero-order valence-electron chi connectivity index (χ0n) is 30.7. The summed E-state index contributed by atoms with van der Waals surface area (Å²) < 4.78 is 2.62. The molecule has 0 atom stereocenters. The van der Waals surface area contributed by atoms with Gasteiger partial charge in [0.15, 0.2) is 0 Å². The number of rotatable bonds is 4. The van der Waals surface area contributed by atoms with E-state index >= 15 is 0 Å². The van der Waals surface area contributed by atoms with Gasteiger partial charge in [0.1, 0.15) is 0 Å². The molecule has 0 saturated heterocycles. The maximum atomic E-state index is 2.48. The molecule has 10 aromatic carbocycles. The maximum absolute atomic E-state index is 2.48. The highest BCUT2D eigenvalue weighted by Crippen LogP contribution is 2.50. The van der Waals surface area contributed by atoms with Crippen LogP contribution >= 0.6 is 11.3 Å². The molecule has 0 aliphatic heterocycles. The zero-order valence-corrected chi connectivity index (χ0v) is 31.5. The van der Waals surface area contributed by atoms with Gasteiger partial charge >= 0.3 is 0 Å². The molecule has 55 heavy (non-hydrogen) atoms. The topological polar surface area (TPSA) is 0 Å². The summed E-state index contributed by atoms with van der Waals surface area (Å²) >= 11 is 1.90. The molecule has 0 nitrogen and oxygen atoms in total. The van der Waals surface area contributed by atoms with Gasteiger partial charge in [-0.2, -0.15) is 0 Å². The third-order valence-corrected chi connectivity index (χ3v) is 12.8. The first kappa shape index (κ1) is 31.9. The van der Waals surface area contributed by atoms with Crippen LogP contribution in [0.5, 0.6) is 0 Å². The summed E-state index contributed by atoms with van der Waals surface area (Å²) in [5.74, 6) is 0. The van der Waals surface area contributed by atoms with Crippen LogP contribution in [-0.4, -0.2) is 0 Å². The van der Waals surface area contributed by atoms with E-state index in [1.54, 1.807) is 0 Å². The van der Waals surface area contributed by atoms with E-state index in [1.165, 1.54) is 119 Å². The monoisotopic (exact) mass is 716 g/mol. The molecular weight excluding hydrogens is 681 g/mol. The summed E-state index contributed by atoms with van der Waals surface area (Å²) in [4.78, 5) is 0. The third kappa shape index (κ3) is 4.83. The lowest BCUT2D eigenvalue weighted by molar-refractivity contribution is 1.39. The van der Waals surface area contributed by atoms with Crippen LogP contribution in [0, 0.1) is 13.8 Å². The van der Waals surface area contributed by atoms with Crippen molar-refractivity contribution in [3.05, 3.63) is 193 Å². The first-order chi connectivity index (χ1) is 27.2. The molecule has 0 aliphatic carbocycles. The van der Waals surface area contributed by atoms with Crippen molar-refractivity contribution >= 4 is 74.6 Å². The van der Waals surface area contributed by atoms with Crippen molar-refractivity contribution in [2.45, 2.75) is 13.8 Å². The molecule has 258 valence electrons. The van der Waals surface area contributed by atoms with E-state index in [1.807, 2.05) is 11.3 Å². The van der Waals surface area contributed by atoms with Crippen molar-refractivity contribution < 1.29 is 0 Å². The quantitative estimate of drug-likeness (QED) is 0.159. The number of hydrogen-bond donors (Lipinski definition) is 0. The van der Waals surface area contributed by atoms with Gasteiger partial charge in [-0.15, -0.1) is 11.3 Å². The van der Waals surface area contributed by atoms with E-state index in [4.69, 9.17) is 0 Å². The summed E-state index contributed by atoms with van der Waals surface area (Å²) in [5.41, 5.74) is 12.9. The largest absolute Gasteiger partial charge is 0.135 e. The van der Waals surface area contributed by atoms with Gasteiger partial charge in [0.25, 0.3) is 0 Å². The molecule has 0 amide bonds. The first-order valence-electron chi connectivity index (χ1n) is 19.1. The molecule has 1 aromatic heterocycles. The van der Waals surface area contributed by atoms with Crippen LogP contribution in [0.1, 0.15) is 11.1 Å². The van der Waals surface area contributed by atoms with E-state index in [0.29, 0.717) is 0 Å². The molecule has 0 N–H and O–H groups in total. The van der Waals surface area contributed by atoms with Crippen molar-refractivity contribution in [1.29, 1.82) is 0 Å². The lowest BCUT2D eigenvalue weighted by Crippen LogP contribution is -1.94. The van der Waals surface area contributed by atoms with Crippen LogP contribution in [-0.2, 0) is 0 Å². The van der Waals surface area contributed by atoms with Gasteiger partial charge in [0.05, 0.1) is 0 Å². The van der Waals surface area contributed by atoms with Gasteiger partial charge in [-0.05, 0) is 131 Å². The second kappa shape index (κ2) is 12.5. The zero-order chi connectivity index (χ0) is 36.6. The second-order valence-corrected chi connectivity index (χ2v) is 15.9.